The second-order valence-corrected chi connectivity index (χ2v) is 7.20. The van der Waals surface area contributed by atoms with Gasteiger partial charge < -0.3 is 5.11 Å². The maximum absolute atomic E-state index is 11.3. The third-order valence-corrected chi connectivity index (χ3v) is 5.21. The van der Waals surface area contributed by atoms with Crippen LogP contribution in [-0.2, 0) is 9.84 Å². The normalized spacial score (nSPS) is 14.2. The van der Waals surface area contributed by atoms with Crippen LogP contribution in [-0.4, -0.2) is 42.6 Å². The molecule has 0 aliphatic rings. The minimum atomic E-state index is -2.83. The predicted octanol–water partition coefficient (Wildman–Crippen LogP) is 1.32. The number of thioether (sulfide) groups is 1. The summed E-state index contributed by atoms with van der Waals surface area (Å²) in [5.41, 5.74) is 0. The van der Waals surface area contributed by atoms with Crippen LogP contribution >= 0.6 is 11.8 Å². The molecule has 1 unspecified atom stereocenters. The first-order valence-electron chi connectivity index (χ1n) is 4.94. The summed E-state index contributed by atoms with van der Waals surface area (Å²) in [5.74, 6) is 1.20. The van der Waals surface area contributed by atoms with Gasteiger partial charge in [-0.2, -0.15) is 11.8 Å². The number of sulfone groups is 1. The minimum Gasteiger partial charge on any atom is -0.396 e. The van der Waals surface area contributed by atoms with Crippen LogP contribution in [0.5, 0.6) is 0 Å². The van der Waals surface area contributed by atoms with Gasteiger partial charge in [0, 0.05) is 23.4 Å². The lowest BCUT2D eigenvalue weighted by atomic mass is 10.3. The van der Waals surface area contributed by atoms with Gasteiger partial charge in [0.15, 0.2) is 9.84 Å². The molecule has 0 aromatic heterocycles. The largest absolute Gasteiger partial charge is 0.396 e. The van der Waals surface area contributed by atoms with Crippen molar-refractivity contribution in [1.29, 1.82) is 0 Å². The lowest BCUT2D eigenvalue weighted by Crippen LogP contribution is -2.13. The van der Waals surface area contributed by atoms with Crippen molar-refractivity contribution in [3.05, 3.63) is 0 Å². The molecule has 1 atom stereocenters. The number of rotatable bonds is 8. The van der Waals surface area contributed by atoms with Crippen molar-refractivity contribution in [3.63, 3.8) is 0 Å². The molecular formula is C9H20O3S2. The number of aliphatic hydroxyl groups is 1. The Kier molecular flexibility index (Phi) is 7.68. The molecule has 14 heavy (non-hydrogen) atoms. The van der Waals surface area contributed by atoms with E-state index in [-0.39, 0.29) is 12.4 Å². The van der Waals surface area contributed by atoms with Crippen LogP contribution in [0.1, 0.15) is 26.7 Å². The van der Waals surface area contributed by atoms with E-state index in [1.54, 1.807) is 11.8 Å². The van der Waals surface area contributed by atoms with Gasteiger partial charge in [-0.15, -0.1) is 0 Å². The molecule has 0 heterocycles. The molecule has 0 saturated heterocycles. The highest BCUT2D eigenvalue weighted by Gasteiger charge is 2.10. The van der Waals surface area contributed by atoms with Crippen molar-refractivity contribution in [2.45, 2.75) is 31.9 Å². The maximum atomic E-state index is 11.3. The summed E-state index contributed by atoms with van der Waals surface area (Å²) in [6.45, 7) is 4.06. The fourth-order valence-electron chi connectivity index (χ4n) is 1.05. The van der Waals surface area contributed by atoms with Gasteiger partial charge in [-0.1, -0.05) is 13.8 Å². The summed E-state index contributed by atoms with van der Waals surface area (Å²) in [6.07, 6.45) is 1.43. The number of hydrogen-bond donors (Lipinski definition) is 1. The highest BCUT2D eigenvalue weighted by atomic mass is 32.2. The molecule has 0 rings (SSSR count). The first-order chi connectivity index (χ1) is 6.52. The van der Waals surface area contributed by atoms with Gasteiger partial charge in [-0.25, -0.2) is 8.42 Å². The SMILES string of the molecule is CCCS(=O)(=O)CCSC(C)CCO. The Morgan fingerprint density at radius 2 is 2.00 bits per heavy atom. The van der Waals surface area contributed by atoms with E-state index in [0.717, 1.165) is 6.42 Å². The van der Waals surface area contributed by atoms with Crippen molar-refractivity contribution in [1.82, 2.24) is 0 Å². The van der Waals surface area contributed by atoms with E-state index >= 15 is 0 Å². The highest BCUT2D eigenvalue weighted by molar-refractivity contribution is 8.01. The zero-order chi connectivity index (χ0) is 11.0. The molecule has 0 aromatic carbocycles. The van der Waals surface area contributed by atoms with Crippen LogP contribution in [0.3, 0.4) is 0 Å². The van der Waals surface area contributed by atoms with Gasteiger partial charge in [-0.05, 0) is 12.8 Å². The fourth-order valence-corrected chi connectivity index (χ4v) is 3.96. The van der Waals surface area contributed by atoms with Crippen molar-refractivity contribution >= 4 is 21.6 Å². The minimum absolute atomic E-state index is 0.176. The lowest BCUT2D eigenvalue weighted by molar-refractivity contribution is 0.289. The summed E-state index contributed by atoms with van der Waals surface area (Å²) < 4.78 is 22.6. The standard InChI is InChI=1S/C9H20O3S2/c1-3-7-14(11,12)8-6-13-9(2)4-5-10/h9-10H,3-8H2,1-2H3. The Morgan fingerprint density at radius 3 is 2.50 bits per heavy atom. The van der Waals surface area contributed by atoms with E-state index in [1.807, 2.05) is 13.8 Å². The average molecular weight is 240 g/mol. The molecule has 0 spiro atoms. The van der Waals surface area contributed by atoms with Gasteiger partial charge in [0.05, 0.1) is 5.75 Å². The molecule has 0 bridgehead atoms. The molecule has 0 aromatic rings. The molecule has 3 nitrogen and oxygen atoms in total. The van der Waals surface area contributed by atoms with Crippen LogP contribution in [0.25, 0.3) is 0 Å². The van der Waals surface area contributed by atoms with Crippen molar-refractivity contribution in [3.8, 4) is 0 Å². The van der Waals surface area contributed by atoms with E-state index < -0.39 is 9.84 Å². The summed E-state index contributed by atoms with van der Waals surface area (Å²) in [5, 5.41) is 8.99. The molecule has 5 heteroatoms. The molecule has 0 saturated carbocycles. The van der Waals surface area contributed by atoms with Gasteiger partial charge >= 0.3 is 0 Å². The van der Waals surface area contributed by atoms with E-state index in [2.05, 4.69) is 0 Å². The third-order valence-electron chi connectivity index (χ3n) is 1.85. The van der Waals surface area contributed by atoms with Crippen molar-refractivity contribution in [2.24, 2.45) is 0 Å². The quantitative estimate of drug-likeness (QED) is 0.695. The average Bonchev–Trinajstić information content (AvgIpc) is 2.03. The monoisotopic (exact) mass is 240 g/mol. The maximum Gasteiger partial charge on any atom is 0.151 e. The second-order valence-electron chi connectivity index (χ2n) is 3.35. The smallest absolute Gasteiger partial charge is 0.151 e. The fraction of sp³-hybridized carbons (Fsp3) is 1.00. The topological polar surface area (TPSA) is 54.4 Å². The Morgan fingerprint density at radius 1 is 1.36 bits per heavy atom. The second kappa shape index (κ2) is 7.54. The van der Waals surface area contributed by atoms with E-state index in [4.69, 9.17) is 5.11 Å². The van der Waals surface area contributed by atoms with E-state index in [0.29, 0.717) is 23.2 Å². The van der Waals surface area contributed by atoms with Gasteiger partial charge in [0.1, 0.15) is 0 Å². The summed E-state index contributed by atoms with van der Waals surface area (Å²) in [6, 6.07) is 0. The van der Waals surface area contributed by atoms with Crippen LogP contribution in [0, 0.1) is 0 Å². The molecule has 0 aliphatic heterocycles. The zero-order valence-corrected chi connectivity index (χ0v) is 10.5. The Labute approximate surface area is 91.2 Å². The first kappa shape index (κ1) is 14.3. The van der Waals surface area contributed by atoms with Gasteiger partial charge in [0.2, 0.25) is 0 Å². The van der Waals surface area contributed by atoms with Crippen LogP contribution in [0.15, 0.2) is 0 Å². The van der Waals surface area contributed by atoms with Gasteiger partial charge in [-0.3, -0.25) is 0 Å². The Hall–Kier alpha value is 0.260. The van der Waals surface area contributed by atoms with Gasteiger partial charge in [0.25, 0.3) is 0 Å². The summed E-state index contributed by atoms with van der Waals surface area (Å²) in [7, 11) is -2.83. The molecule has 0 amide bonds. The van der Waals surface area contributed by atoms with Crippen LogP contribution < -0.4 is 0 Å². The van der Waals surface area contributed by atoms with Crippen LogP contribution in [0.4, 0.5) is 0 Å². The molecule has 0 fully saturated rings. The zero-order valence-electron chi connectivity index (χ0n) is 8.90. The highest BCUT2D eigenvalue weighted by Crippen LogP contribution is 2.14. The van der Waals surface area contributed by atoms with E-state index in [9.17, 15) is 8.42 Å². The molecule has 86 valence electrons. The van der Waals surface area contributed by atoms with Crippen molar-refractivity contribution < 1.29 is 13.5 Å². The molecule has 1 N–H and O–H groups in total. The summed E-state index contributed by atoms with van der Waals surface area (Å²) in [4.78, 5) is 0. The Bertz CT molecular complexity index is 224. The molecular weight excluding hydrogens is 220 g/mol. The summed E-state index contributed by atoms with van der Waals surface area (Å²) >= 11 is 1.61. The third kappa shape index (κ3) is 7.64. The number of hydrogen-bond acceptors (Lipinski definition) is 4. The van der Waals surface area contributed by atoms with Crippen molar-refractivity contribution in [2.75, 3.05) is 23.9 Å². The number of aliphatic hydroxyl groups excluding tert-OH is 1. The predicted molar refractivity (Wildman–Crippen MR) is 62.6 cm³/mol. The van der Waals surface area contributed by atoms with Crippen LogP contribution in [0.2, 0.25) is 0 Å². The first-order valence-corrected chi connectivity index (χ1v) is 7.81. The molecule has 0 radical (unpaired) electrons. The van der Waals surface area contributed by atoms with E-state index in [1.165, 1.54) is 0 Å². The Balaban J connectivity index is 3.63. The lowest BCUT2D eigenvalue weighted by Gasteiger charge is -2.08. The molecule has 0 aliphatic carbocycles.